The fourth-order valence-electron chi connectivity index (χ4n) is 5.66. The van der Waals surface area contributed by atoms with E-state index in [2.05, 4.69) is 11.1 Å². The van der Waals surface area contributed by atoms with E-state index < -0.39 is 36.2 Å². The van der Waals surface area contributed by atoms with E-state index in [0.717, 1.165) is 12.8 Å². The van der Waals surface area contributed by atoms with Gasteiger partial charge in [-0.1, -0.05) is 6.92 Å². The molecule has 0 aliphatic carbocycles. The van der Waals surface area contributed by atoms with Gasteiger partial charge in [0.05, 0.1) is 0 Å². The summed E-state index contributed by atoms with van der Waals surface area (Å²) in [4.78, 5) is 70.5. The molecule has 34 heavy (non-hydrogen) atoms. The number of amides is 4. The van der Waals surface area contributed by atoms with Crippen molar-refractivity contribution in [3.63, 3.8) is 0 Å². The fourth-order valence-corrected chi connectivity index (χ4v) is 5.66. The molecular formula is C23H36N5O6+. The second-order valence-electron chi connectivity index (χ2n) is 10.1. The van der Waals surface area contributed by atoms with Crippen molar-refractivity contribution in [3.05, 3.63) is 0 Å². The number of carbonyl (C=O) groups excluding carboxylic acids is 5. The van der Waals surface area contributed by atoms with Crippen molar-refractivity contribution in [1.82, 2.24) is 20.0 Å². The molecule has 11 heteroatoms. The topological polar surface area (TPSA) is 144 Å². The average molecular weight is 479 g/mol. The smallest absolute Gasteiger partial charge is 0.329 e. The number of quaternary nitrogens is 1. The standard InChI is InChI=1S/C23H35N5O6/c1-13-10-18-23(33)34-12-15(24)21(31)27-9-5-7-17(27)22(32)26-8-4-3-6-16(26)19(29)25-14(2)20(30)28(18)11-13/h13-18H,3-12,24H2,1-2H3,(H,25,29)/p+1/t13-,14+,15+,16+,17+,18+/m1/s1. The molecule has 0 spiro atoms. The van der Waals surface area contributed by atoms with E-state index in [-0.39, 0.29) is 36.2 Å². The van der Waals surface area contributed by atoms with Gasteiger partial charge in [0.1, 0.15) is 24.2 Å². The van der Waals surface area contributed by atoms with Gasteiger partial charge < -0.3 is 30.5 Å². The van der Waals surface area contributed by atoms with Gasteiger partial charge in [0.25, 0.3) is 5.91 Å². The first-order valence-corrected chi connectivity index (χ1v) is 12.4. The summed E-state index contributed by atoms with van der Waals surface area (Å²) in [5, 5.41) is 2.78. The lowest BCUT2D eigenvalue weighted by Gasteiger charge is -2.38. The molecule has 0 saturated carbocycles. The molecule has 188 valence electrons. The van der Waals surface area contributed by atoms with Crippen LogP contribution in [-0.4, -0.2) is 101 Å². The van der Waals surface area contributed by atoms with Crippen molar-refractivity contribution < 1.29 is 34.4 Å². The first-order chi connectivity index (χ1) is 16.2. The summed E-state index contributed by atoms with van der Waals surface area (Å²) < 4.78 is 5.43. The minimum absolute atomic E-state index is 0.0977. The molecule has 4 amide bonds. The predicted molar refractivity (Wildman–Crippen MR) is 119 cm³/mol. The predicted octanol–water partition coefficient (Wildman–Crippen LogP) is -1.73. The number of carbonyl (C=O) groups is 5. The van der Waals surface area contributed by atoms with Crippen molar-refractivity contribution in [3.8, 4) is 0 Å². The molecule has 4 heterocycles. The molecule has 4 saturated heterocycles. The van der Waals surface area contributed by atoms with Gasteiger partial charge in [-0.3, -0.25) is 19.2 Å². The summed E-state index contributed by atoms with van der Waals surface area (Å²) in [6, 6.07) is -3.79. The summed E-state index contributed by atoms with van der Waals surface area (Å²) in [5.74, 6) is -1.79. The molecule has 0 aromatic rings. The lowest BCUT2D eigenvalue weighted by molar-refractivity contribution is -0.411. The number of esters is 1. The molecule has 0 aromatic carbocycles. The minimum atomic E-state index is -0.854. The second-order valence-corrected chi connectivity index (χ2v) is 10.1. The van der Waals surface area contributed by atoms with Crippen LogP contribution in [0.15, 0.2) is 0 Å². The summed E-state index contributed by atoms with van der Waals surface area (Å²) in [7, 11) is 0. The van der Waals surface area contributed by atoms with Crippen molar-refractivity contribution >= 4 is 29.6 Å². The lowest BCUT2D eigenvalue weighted by atomic mass is 9.99. The first kappa shape index (κ1) is 24.4. The molecule has 0 aromatic heterocycles. The normalized spacial score (nSPS) is 36.1. The van der Waals surface area contributed by atoms with Crippen LogP contribution in [-0.2, 0) is 28.7 Å². The van der Waals surface area contributed by atoms with Gasteiger partial charge in [-0.2, -0.15) is 0 Å². The minimum Gasteiger partial charge on any atom is -0.457 e. The zero-order valence-corrected chi connectivity index (χ0v) is 20.0. The molecule has 11 nitrogen and oxygen atoms in total. The third-order valence-corrected chi connectivity index (χ3v) is 7.48. The Morgan fingerprint density at radius 1 is 0.824 bits per heavy atom. The number of hydrogen-bond donors (Lipinski definition) is 2. The van der Waals surface area contributed by atoms with Crippen LogP contribution < -0.4 is 11.1 Å². The van der Waals surface area contributed by atoms with Gasteiger partial charge >= 0.3 is 5.97 Å². The maximum absolute atomic E-state index is 13.5. The Balaban J connectivity index is 1.64. The summed E-state index contributed by atoms with van der Waals surface area (Å²) in [5.41, 5.74) is 3.88. The van der Waals surface area contributed by atoms with Gasteiger partial charge in [-0.25, -0.2) is 4.79 Å². The van der Waals surface area contributed by atoms with Crippen LogP contribution in [0.3, 0.4) is 0 Å². The van der Waals surface area contributed by atoms with Gasteiger partial charge in [0.2, 0.25) is 17.7 Å². The van der Waals surface area contributed by atoms with Gasteiger partial charge in [0, 0.05) is 19.6 Å². The highest BCUT2D eigenvalue weighted by Gasteiger charge is 2.45. The summed E-state index contributed by atoms with van der Waals surface area (Å²) >= 11 is 0. The Morgan fingerprint density at radius 3 is 2.26 bits per heavy atom. The highest BCUT2D eigenvalue weighted by atomic mass is 16.5. The Kier molecular flexibility index (Phi) is 7.11. The van der Waals surface area contributed by atoms with Crippen LogP contribution in [0.2, 0.25) is 0 Å². The number of rotatable bonds is 0. The van der Waals surface area contributed by atoms with E-state index in [1.165, 1.54) is 9.80 Å². The van der Waals surface area contributed by atoms with Crippen LogP contribution in [0.4, 0.5) is 0 Å². The Bertz CT molecular complexity index is 865. The quantitative estimate of drug-likeness (QED) is 0.396. The zero-order valence-electron chi connectivity index (χ0n) is 20.0. The monoisotopic (exact) mass is 478 g/mol. The number of ether oxygens (including phenoxy) is 1. The second kappa shape index (κ2) is 9.89. The molecule has 4 fully saturated rings. The molecule has 4 rings (SSSR count). The number of piperidine rings is 1. The van der Waals surface area contributed by atoms with E-state index >= 15 is 0 Å². The van der Waals surface area contributed by atoms with Crippen LogP contribution >= 0.6 is 0 Å². The highest BCUT2D eigenvalue weighted by Crippen LogP contribution is 2.27. The first-order valence-electron chi connectivity index (χ1n) is 12.4. The number of nitrogens with zero attached hydrogens (tertiary/aromatic N) is 3. The van der Waals surface area contributed by atoms with Crippen LogP contribution in [0.5, 0.6) is 0 Å². The number of hydrogen-bond acceptors (Lipinski definition) is 6. The molecule has 0 bridgehead atoms. The molecule has 4 N–H and O–H groups in total. The van der Waals surface area contributed by atoms with E-state index in [9.17, 15) is 24.0 Å². The highest BCUT2D eigenvalue weighted by molar-refractivity contribution is 5.96. The molecule has 4 aliphatic heterocycles. The summed E-state index contributed by atoms with van der Waals surface area (Å²) in [6.07, 6.45) is 3.75. The molecule has 6 atom stereocenters. The van der Waals surface area contributed by atoms with Gasteiger partial charge in [-0.15, -0.1) is 0 Å². The third-order valence-electron chi connectivity index (χ3n) is 7.48. The SMILES string of the molecule is C[C@@H]1C[C@H]2C(=O)OC[C@H]([NH3+])C(=O)N3CCC[C@H]3C(=O)N3CCCC[C@H]3C(=O)N[C@@H](C)C(=O)N2C1. The Labute approximate surface area is 199 Å². The fraction of sp³-hybridized carbons (Fsp3) is 0.783. The average Bonchev–Trinajstić information content (AvgIpc) is 3.47. The number of nitrogens with one attached hydrogen (secondary N) is 1. The maximum atomic E-state index is 13.5. The van der Waals surface area contributed by atoms with Gasteiger partial charge in [-0.05, 0) is 51.4 Å². The largest absolute Gasteiger partial charge is 0.457 e. The lowest BCUT2D eigenvalue weighted by Crippen LogP contribution is -2.71. The van der Waals surface area contributed by atoms with Gasteiger partial charge in [0.15, 0.2) is 12.6 Å². The molecule has 0 radical (unpaired) electrons. The van der Waals surface area contributed by atoms with Crippen LogP contribution in [0, 0.1) is 5.92 Å². The molecular weight excluding hydrogens is 442 g/mol. The van der Waals surface area contributed by atoms with E-state index in [1.54, 1.807) is 11.8 Å². The van der Waals surface area contributed by atoms with Crippen molar-refractivity contribution in [2.45, 2.75) is 82.6 Å². The van der Waals surface area contributed by atoms with Crippen LogP contribution in [0.25, 0.3) is 0 Å². The van der Waals surface area contributed by atoms with Crippen molar-refractivity contribution in [1.29, 1.82) is 0 Å². The van der Waals surface area contributed by atoms with Crippen molar-refractivity contribution in [2.75, 3.05) is 26.2 Å². The van der Waals surface area contributed by atoms with Crippen molar-refractivity contribution in [2.24, 2.45) is 5.92 Å². The van der Waals surface area contributed by atoms with E-state index in [0.29, 0.717) is 45.3 Å². The number of cyclic esters (lactones) is 1. The van der Waals surface area contributed by atoms with E-state index in [4.69, 9.17) is 4.74 Å². The molecule has 0 unspecified atom stereocenters. The summed E-state index contributed by atoms with van der Waals surface area (Å²) in [6.45, 7) is 4.60. The van der Waals surface area contributed by atoms with Crippen LogP contribution in [0.1, 0.15) is 52.4 Å². The third kappa shape index (κ3) is 4.62. The Morgan fingerprint density at radius 2 is 1.50 bits per heavy atom. The maximum Gasteiger partial charge on any atom is 0.329 e. The Hall–Kier alpha value is -2.69. The number of fused-ring (bicyclic) bond motifs is 3. The molecule has 4 aliphatic rings. The van der Waals surface area contributed by atoms with E-state index in [1.807, 2.05) is 6.92 Å². The zero-order chi connectivity index (χ0) is 24.6.